The van der Waals surface area contributed by atoms with Gasteiger partial charge >= 0.3 is 0 Å². The van der Waals surface area contributed by atoms with Crippen molar-refractivity contribution in [3.8, 4) is 0 Å². The Morgan fingerprint density at radius 1 is 0.609 bits per heavy atom. The van der Waals surface area contributed by atoms with Gasteiger partial charge in [0.25, 0.3) is 0 Å². The van der Waals surface area contributed by atoms with Crippen molar-refractivity contribution in [2.24, 2.45) is 0 Å². The van der Waals surface area contributed by atoms with Crippen molar-refractivity contribution in [2.45, 2.75) is 105 Å². The molecule has 0 saturated carbocycles. The van der Waals surface area contributed by atoms with E-state index in [0.717, 1.165) is 26.1 Å². The average Bonchev–Trinajstić information content (AvgIpc) is 2.26. The number of aliphatic hydroxyl groups is 1. The quantitative estimate of drug-likeness (QED) is 0.434. The van der Waals surface area contributed by atoms with Crippen LogP contribution in [0.3, 0.4) is 0 Å². The molecule has 158 valence electrons. The van der Waals surface area contributed by atoms with Crippen LogP contribution in [0.15, 0.2) is 0 Å². The molecule has 0 bridgehead atoms. The lowest BCUT2D eigenvalue weighted by molar-refractivity contribution is 0.116. The smallest absolute Gasteiger partial charge is 0.0487 e. The van der Waals surface area contributed by atoms with Crippen LogP contribution in [0, 0.1) is 0 Å². The molecule has 0 spiro atoms. The summed E-state index contributed by atoms with van der Waals surface area (Å²) in [7, 11) is 1.75. The molecule has 0 aliphatic carbocycles. The maximum absolute atomic E-state index is 8.29. The van der Waals surface area contributed by atoms with E-state index in [1.165, 1.54) is 19.3 Å². The fourth-order valence-electron chi connectivity index (χ4n) is 0.909. The first-order chi connectivity index (χ1) is 7.33. The molecule has 3 nitrogen and oxygen atoms in total. The van der Waals surface area contributed by atoms with Crippen molar-refractivity contribution < 1.29 is 14.6 Å². The minimum absolute atomic E-state index is 0. The van der Waals surface area contributed by atoms with Crippen LogP contribution in [-0.4, -0.2) is 38.6 Å². The number of hydrogen-bond acceptors (Lipinski definition) is 3. The zero-order valence-electron chi connectivity index (χ0n) is 10.6. The third-order valence-electron chi connectivity index (χ3n) is 1.75. The normalized spacial score (nSPS) is 6.26. The van der Waals surface area contributed by atoms with Crippen LogP contribution in [-0.2, 0) is 9.47 Å². The van der Waals surface area contributed by atoms with Crippen molar-refractivity contribution in [2.75, 3.05) is 33.5 Å². The molecule has 0 aromatic heterocycles. The molecular formula is C20H60O3. The molecule has 0 aliphatic heterocycles. The molecule has 0 aromatic rings. The van der Waals surface area contributed by atoms with Gasteiger partial charge in [-0.1, -0.05) is 86.1 Å². The monoisotopic (exact) mass is 348 g/mol. The maximum Gasteiger partial charge on any atom is 0.0487 e. The zero-order chi connectivity index (χ0) is 11.8. The molecule has 0 aromatic carbocycles. The second-order valence-electron chi connectivity index (χ2n) is 3.39. The van der Waals surface area contributed by atoms with E-state index in [9.17, 15) is 0 Å². The lowest BCUT2D eigenvalue weighted by Gasteiger charge is -1.97. The fourth-order valence-corrected chi connectivity index (χ4v) is 0.909. The van der Waals surface area contributed by atoms with Crippen LogP contribution >= 0.6 is 0 Å². The van der Waals surface area contributed by atoms with Crippen LogP contribution in [0.2, 0.25) is 0 Å². The van der Waals surface area contributed by atoms with E-state index in [-0.39, 0.29) is 66.0 Å². The summed E-state index contributed by atoms with van der Waals surface area (Å²) in [4.78, 5) is 0. The van der Waals surface area contributed by atoms with Crippen molar-refractivity contribution in [1.29, 1.82) is 0 Å². The van der Waals surface area contributed by atoms with Gasteiger partial charge in [0.2, 0.25) is 0 Å². The highest BCUT2D eigenvalue weighted by molar-refractivity contribution is 4.33. The Kier molecular flexibility index (Phi) is 231. The predicted molar refractivity (Wildman–Crippen MR) is 118 cm³/mol. The van der Waals surface area contributed by atoms with Crippen molar-refractivity contribution in [3.63, 3.8) is 0 Å². The molecule has 0 heterocycles. The number of unbranched alkanes of at least 4 members (excludes halogenated alkanes) is 2. The lowest BCUT2D eigenvalue weighted by atomic mass is 10.3. The molecule has 3 heteroatoms. The highest BCUT2D eigenvalue weighted by Gasteiger charge is 1.82. The van der Waals surface area contributed by atoms with Crippen LogP contribution < -0.4 is 0 Å². The predicted octanol–water partition coefficient (Wildman–Crippen LogP) is 7.71. The molecule has 0 radical (unpaired) electrons. The Bertz CT molecular complexity index is 79.0. The van der Waals surface area contributed by atoms with E-state index in [1.807, 2.05) is 0 Å². The molecular weight excluding hydrogens is 288 g/mol. The number of methoxy groups -OCH3 is 1. The molecule has 1 N–H and O–H groups in total. The van der Waals surface area contributed by atoms with Gasteiger partial charge in [-0.2, -0.15) is 0 Å². The van der Waals surface area contributed by atoms with Gasteiger partial charge in [0, 0.05) is 33.5 Å². The Labute approximate surface area is 154 Å². The lowest BCUT2D eigenvalue weighted by Crippen LogP contribution is -1.97. The fraction of sp³-hybridized carbons (Fsp3) is 1.00. The van der Waals surface area contributed by atoms with Crippen molar-refractivity contribution in [3.05, 3.63) is 0 Å². The first-order valence-electron chi connectivity index (χ1n) is 6.00. The second kappa shape index (κ2) is 80.6. The summed E-state index contributed by atoms with van der Waals surface area (Å²) in [6, 6.07) is 0. The summed E-state index contributed by atoms with van der Waals surface area (Å²) in [5, 5.41) is 8.29. The van der Waals surface area contributed by atoms with Gasteiger partial charge in [0.1, 0.15) is 0 Å². The van der Waals surface area contributed by atoms with Gasteiger partial charge in [0.05, 0.1) is 0 Å². The van der Waals surface area contributed by atoms with E-state index in [2.05, 4.69) is 13.8 Å². The van der Waals surface area contributed by atoms with Gasteiger partial charge < -0.3 is 14.6 Å². The summed E-state index contributed by atoms with van der Waals surface area (Å²) in [5.74, 6) is 0. The summed E-state index contributed by atoms with van der Waals surface area (Å²) < 4.78 is 9.91. The van der Waals surface area contributed by atoms with E-state index < -0.39 is 0 Å². The van der Waals surface area contributed by atoms with Crippen molar-refractivity contribution >= 4 is 0 Å². The summed E-state index contributed by atoms with van der Waals surface area (Å²) in [5.41, 5.74) is 0. The average molecular weight is 349 g/mol. The van der Waals surface area contributed by atoms with Gasteiger partial charge in [0.15, 0.2) is 0 Å². The van der Waals surface area contributed by atoms with Gasteiger partial charge in [-0.15, -0.1) is 0 Å². The first-order valence-corrected chi connectivity index (χ1v) is 6.00. The minimum Gasteiger partial charge on any atom is -0.396 e. The van der Waals surface area contributed by atoms with Gasteiger partial charge in [-0.25, -0.2) is 0 Å². The topological polar surface area (TPSA) is 38.7 Å². The molecule has 0 amide bonds. The number of aliphatic hydroxyl groups excluding tert-OH is 1. The zero-order valence-corrected chi connectivity index (χ0v) is 10.6. The van der Waals surface area contributed by atoms with Crippen molar-refractivity contribution in [1.82, 2.24) is 0 Å². The maximum atomic E-state index is 8.29. The second-order valence-corrected chi connectivity index (χ2v) is 3.39. The van der Waals surface area contributed by atoms with E-state index in [4.69, 9.17) is 14.6 Å². The number of hydrogen-bond donors (Lipinski definition) is 1. The molecule has 0 aliphatic rings. The summed E-state index contributed by atoms with van der Waals surface area (Å²) >= 11 is 0. The van der Waals surface area contributed by atoms with E-state index in [1.54, 1.807) is 7.11 Å². The third kappa shape index (κ3) is 110. The highest BCUT2D eigenvalue weighted by atomic mass is 16.5. The number of ether oxygens (including phenoxy) is 2. The first kappa shape index (κ1) is 66.0. The Hall–Kier alpha value is -0.120. The Morgan fingerprint density at radius 3 is 1.39 bits per heavy atom. The summed E-state index contributed by atoms with van der Waals surface area (Å²) in [6.07, 6.45) is 5.62. The number of rotatable bonds is 9. The largest absolute Gasteiger partial charge is 0.396 e. The molecule has 0 unspecified atom stereocenters. The Balaban J connectivity index is -0.0000000137. The SMILES string of the molecule is C.C.C.C.C.C.C.C.CCCCCOC.CCCOCCCO. The van der Waals surface area contributed by atoms with E-state index >= 15 is 0 Å². The molecule has 0 rings (SSSR count). The van der Waals surface area contributed by atoms with Crippen LogP contribution in [0.1, 0.15) is 105 Å². The van der Waals surface area contributed by atoms with Crippen LogP contribution in [0.25, 0.3) is 0 Å². The van der Waals surface area contributed by atoms with Crippen LogP contribution in [0.5, 0.6) is 0 Å². The van der Waals surface area contributed by atoms with E-state index in [0.29, 0.717) is 6.61 Å². The highest BCUT2D eigenvalue weighted by Crippen LogP contribution is 1.91. The van der Waals surface area contributed by atoms with Crippen LogP contribution in [0.4, 0.5) is 0 Å². The molecule has 0 atom stereocenters. The summed E-state index contributed by atoms with van der Waals surface area (Å²) in [6.45, 7) is 6.94. The molecule has 0 saturated heterocycles. The third-order valence-corrected chi connectivity index (χ3v) is 1.75. The van der Waals surface area contributed by atoms with Gasteiger partial charge in [-0.3, -0.25) is 0 Å². The standard InChI is InChI=1S/C6H14O2.C6H14O.8CH4/c1-2-5-8-6-3-4-7;1-3-4-5-6-7-2;;;;;;;;/h7H,2-6H2,1H3;3-6H2,1-2H3;8*1H4. The molecule has 0 fully saturated rings. The Morgan fingerprint density at radius 2 is 1.09 bits per heavy atom. The minimum atomic E-state index is 0. The molecule has 23 heavy (non-hydrogen) atoms. The van der Waals surface area contributed by atoms with Gasteiger partial charge in [-0.05, 0) is 19.3 Å².